The highest BCUT2D eigenvalue weighted by molar-refractivity contribution is 8.09. The van der Waals surface area contributed by atoms with E-state index >= 15 is 4.39 Å². The van der Waals surface area contributed by atoms with E-state index in [1.807, 2.05) is 0 Å². The summed E-state index contributed by atoms with van der Waals surface area (Å²) in [5.74, 6) is -0.0851. The third-order valence-electron chi connectivity index (χ3n) is 7.65. The lowest BCUT2D eigenvalue weighted by Crippen LogP contribution is -2.45. The number of anilines is 2. The lowest BCUT2D eigenvalue weighted by molar-refractivity contribution is -0.111. The van der Waals surface area contributed by atoms with Gasteiger partial charge in [0.1, 0.15) is 47.6 Å². The van der Waals surface area contributed by atoms with Crippen LogP contribution in [0.1, 0.15) is 19.4 Å². The summed E-state index contributed by atoms with van der Waals surface area (Å²) in [7, 11) is 1.38. The SMILES string of the molecule is CO[C@H]1[C@H](n2cnc3c(N)ncnc32)OC(C)(COP(O)(=S)[C@@H]2[C@@H](F)[C@@H](CO)O[C@H]2n2cnc3c(=O)[nH]c(N)nc32)[C@H]1O. The summed E-state index contributed by atoms with van der Waals surface area (Å²) in [5, 5.41) is 21.0. The van der Waals surface area contributed by atoms with E-state index in [1.165, 1.54) is 35.8 Å². The number of fused-ring (bicyclic) bond motifs is 2. The Morgan fingerprint density at radius 1 is 1.19 bits per heavy atom. The number of rotatable bonds is 8. The van der Waals surface area contributed by atoms with Gasteiger partial charge in [0.05, 0.1) is 25.9 Å². The molecule has 0 aliphatic carbocycles. The molecule has 18 nitrogen and oxygen atoms in total. The van der Waals surface area contributed by atoms with E-state index in [2.05, 4.69) is 29.9 Å². The molecule has 9 atom stereocenters. The van der Waals surface area contributed by atoms with Crippen LogP contribution in [-0.4, -0.2) is 110 Å². The molecule has 0 saturated carbocycles. The molecule has 0 aromatic carbocycles. The van der Waals surface area contributed by atoms with Gasteiger partial charge in [-0.15, -0.1) is 0 Å². The molecule has 2 saturated heterocycles. The molecule has 43 heavy (non-hydrogen) atoms. The molecule has 0 spiro atoms. The number of aliphatic hydroxyl groups is 2. The van der Waals surface area contributed by atoms with Gasteiger partial charge in [-0.2, -0.15) is 4.98 Å². The van der Waals surface area contributed by atoms with Crippen LogP contribution in [0.4, 0.5) is 16.2 Å². The van der Waals surface area contributed by atoms with E-state index in [0.717, 1.165) is 6.33 Å². The van der Waals surface area contributed by atoms with Crippen molar-refractivity contribution in [2.45, 2.75) is 55.1 Å². The lowest BCUT2D eigenvalue weighted by atomic mass is 9.98. The van der Waals surface area contributed by atoms with Gasteiger partial charge in [0.2, 0.25) is 5.95 Å². The zero-order chi connectivity index (χ0) is 30.8. The normalized spacial score (nSPS) is 32.6. The summed E-state index contributed by atoms with van der Waals surface area (Å²) in [4.78, 5) is 46.5. The van der Waals surface area contributed by atoms with E-state index in [9.17, 15) is 19.9 Å². The largest absolute Gasteiger partial charge is 0.394 e. The number of H-pyrrole nitrogens is 1. The average molecular weight is 643 g/mol. The molecular weight excluding hydrogens is 614 g/mol. The molecular formula is C22H28FN10O8PS. The van der Waals surface area contributed by atoms with Crippen molar-refractivity contribution in [1.82, 2.24) is 39.0 Å². The van der Waals surface area contributed by atoms with Crippen molar-refractivity contribution in [3.63, 3.8) is 0 Å². The molecule has 2 unspecified atom stereocenters. The van der Waals surface area contributed by atoms with Gasteiger partial charge in [0.15, 0.2) is 41.6 Å². The van der Waals surface area contributed by atoms with Gasteiger partial charge >= 0.3 is 0 Å². The van der Waals surface area contributed by atoms with Crippen LogP contribution < -0.4 is 17.0 Å². The quantitative estimate of drug-likeness (QED) is 0.122. The van der Waals surface area contributed by atoms with Crippen LogP contribution in [0.5, 0.6) is 0 Å². The maximum Gasteiger partial charge on any atom is 0.280 e. The van der Waals surface area contributed by atoms with Crippen molar-refractivity contribution in [2.75, 3.05) is 31.8 Å². The molecule has 0 radical (unpaired) electrons. The number of aliphatic hydroxyl groups excluding tert-OH is 2. The molecule has 2 aliphatic heterocycles. The summed E-state index contributed by atoms with van der Waals surface area (Å²) in [6.45, 7) is -3.91. The molecule has 6 rings (SSSR count). The van der Waals surface area contributed by atoms with Crippen LogP contribution in [0.15, 0.2) is 23.8 Å². The maximum atomic E-state index is 15.7. The number of halogens is 1. The molecule has 2 aliphatic rings. The van der Waals surface area contributed by atoms with E-state index in [4.69, 9.17) is 42.0 Å². The predicted molar refractivity (Wildman–Crippen MR) is 150 cm³/mol. The monoisotopic (exact) mass is 642 g/mol. The second kappa shape index (κ2) is 10.8. The van der Waals surface area contributed by atoms with Crippen molar-refractivity contribution >= 4 is 52.4 Å². The van der Waals surface area contributed by atoms with Crippen molar-refractivity contribution in [3.05, 3.63) is 29.3 Å². The molecule has 6 heterocycles. The Morgan fingerprint density at radius 2 is 1.88 bits per heavy atom. The number of nitrogen functional groups attached to an aromatic ring is 2. The van der Waals surface area contributed by atoms with Crippen LogP contribution in [0.2, 0.25) is 0 Å². The molecule has 2 fully saturated rings. The number of nitrogens with zero attached hydrogens (tertiary/aromatic N) is 7. The first-order valence-electron chi connectivity index (χ1n) is 12.8. The molecule has 232 valence electrons. The van der Waals surface area contributed by atoms with Crippen LogP contribution in [0.25, 0.3) is 22.3 Å². The molecule has 8 N–H and O–H groups in total. The summed E-state index contributed by atoms with van der Waals surface area (Å²) in [6, 6.07) is 0. The number of methoxy groups -OCH3 is 1. The van der Waals surface area contributed by atoms with E-state index in [-0.39, 0.29) is 22.9 Å². The minimum atomic E-state index is -4.18. The second-order valence-corrected chi connectivity index (χ2v) is 13.9. The summed E-state index contributed by atoms with van der Waals surface area (Å²) >= 11 is 5.46. The Balaban J connectivity index is 1.29. The summed E-state index contributed by atoms with van der Waals surface area (Å²) in [5.41, 5.74) is 8.34. The second-order valence-electron chi connectivity index (χ2n) is 10.3. The Morgan fingerprint density at radius 3 is 2.58 bits per heavy atom. The van der Waals surface area contributed by atoms with Gasteiger partial charge < -0.3 is 45.3 Å². The van der Waals surface area contributed by atoms with Crippen LogP contribution in [-0.2, 0) is 30.5 Å². The molecule has 0 amide bonds. The standard InChI is InChI=1S/C22H28FN10O8PS/c1-22(14(35)12(38-2)19(41-22)32-6-28-10-15(24)26-5-27-16(10)32)4-39-42(37,43)13-9(23)8(3-34)40-20(13)33-7-29-11-17(33)30-21(25)31-18(11)36/h5-9,12-14,19-20,34-35H,3-4H2,1-2H3,(H,37,43)(H2,24,26,27)(H3,25,30,31,36)/t8-,9+,12-,13-,14+,19-,20-,22?,42?/m1/s1. The smallest absolute Gasteiger partial charge is 0.280 e. The highest BCUT2D eigenvalue weighted by atomic mass is 32.5. The number of imidazole rings is 2. The van der Waals surface area contributed by atoms with E-state index in [0.29, 0.717) is 11.2 Å². The fourth-order valence-corrected chi connectivity index (χ4v) is 7.94. The third kappa shape index (κ3) is 4.78. The minimum Gasteiger partial charge on any atom is -0.394 e. The van der Waals surface area contributed by atoms with Crippen LogP contribution in [0.3, 0.4) is 0 Å². The van der Waals surface area contributed by atoms with Crippen molar-refractivity contribution in [3.8, 4) is 0 Å². The highest BCUT2D eigenvalue weighted by Crippen LogP contribution is 2.59. The first-order chi connectivity index (χ1) is 20.4. The van der Waals surface area contributed by atoms with Gasteiger partial charge in [0, 0.05) is 7.11 Å². The molecule has 21 heteroatoms. The van der Waals surface area contributed by atoms with Gasteiger partial charge in [-0.1, -0.05) is 0 Å². The van der Waals surface area contributed by atoms with Crippen LogP contribution in [0, 0.1) is 0 Å². The average Bonchev–Trinajstić information content (AvgIpc) is 3.71. The Kier molecular flexibility index (Phi) is 7.47. The van der Waals surface area contributed by atoms with Gasteiger partial charge in [-0.05, 0) is 18.7 Å². The first kappa shape index (κ1) is 29.9. The number of nitrogens with two attached hydrogens (primary N) is 2. The van der Waals surface area contributed by atoms with Gasteiger partial charge in [0.25, 0.3) is 5.56 Å². The summed E-state index contributed by atoms with van der Waals surface area (Å²) < 4.78 is 41.7. The highest BCUT2D eigenvalue weighted by Gasteiger charge is 2.57. The predicted octanol–water partition coefficient (Wildman–Crippen LogP) is -1.30. The number of hydrogen-bond donors (Lipinski definition) is 6. The van der Waals surface area contributed by atoms with Crippen LogP contribution >= 0.6 is 6.49 Å². The number of ether oxygens (including phenoxy) is 3. The number of aromatic nitrogens is 8. The number of hydrogen-bond acceptors (Lipinski definition) is 15. The van der Waals surface area contributed by atoms with E-state index in [1.54, 1.807) is 0 Å². The third-order valence-corrected chi connectivity index (χ3v) is 10.5. The zero-order valence-electron chi connectivity index (χ0n) is 22.6. The summed E-state index contributed by atoms with van der Waals surface area (Å²) in [6.07, 6.45) is -4.19. The number of alkyl halides is 1. The molecule has 4 aromatic rings. The molecule has 4 aromatic heterocycles. The fourth-order valence-electron chi connectivity index (χ4n) is 5.41. The Bertz CT molecular complexity index is 1790. The van der Waals surface area contributed by atoms with Gasteiger partial charge in [-0.3, -0.25) is 18.9 Å². The Labute approximate surface area is 246 Å². The fraction of sp³-hybridized carbons (Fsp3) is 0.545. The Hall–Kier alpha value is -3.20. The number of aromatic amines is 1. The topological polar surface area (TPSA) is 257 Å². The minimum absolute atomic E-state index is 0.0543. The van der Waals surface area contributed by atoms with Crippen molar-refractivity contribution in [2.24, 2.45) is 0 Å². The molecule has 0 bridgehead atoms. The number of nitrogens with one attached hydrogen (secondary N) is 1. The maximum absolute atomic E-state index is 15.7. The van der Waals surface area contributed by atoms with Gasteiger partial charge in [-0.25, -0.2) is 24.3 Å². The van der Waals surface area contributed by atoms with E-state index < -0.39 is 73.5 Å². The first-order valence-corrected chi connectivity index (χ1v) is 15.6. The zero-order valence-corrected chi connectivity index (χ0v) is 24.3. The van der Waals surface area contributed by atoms with Crippen molar-refractivity contribution < 1.29 is 38.2 Å². The lowest BCUT2D eigenvalue weighted by Gasteiger charge is -2.33. The van der Waals surface area contributed by atoms with Crippen molar-refractivity contribution in [1.29, 1.82) is 0 Å².